The second-order valence-corrected chi connectivity index (χ2v) is 8.73. The molecule has 2 heterocycles. The van der Waals surface area contributed by atoms with Crippen molar-refractivity contribution in [3.8, 4) is 5.75 Å². The topological polar surface area (TPSA) is 83.0 Å². The molecule has 1 saturated heterocycles. The Kier molecular flexibility index (Phi) is 7.57. The van der Waals surface area contributed by atoms with Crippen LogP contribution < -0.4 is 4.74 Å². The molecule has 0 bridgehead atoms. The number of likely N-dealkylation sites (tertiary alicyclic amines) is 1. The van der Waals surface area contributed by atoms with E-state index in [1.807, 2.05) is 55.4 Å². The van der Waals surface area contributed by atoms with Crippen LogP contribution in [-0.4, -0.2) is 58.8 Å². The predicted octanol–water partition coefficient (Wildman–Crippen LogP) is 4.03. The summed E-state index contributed by atoms with van der Waals surface area (Å²) in [7, 11) is 3.92. The first-order valence-electron chi connectivity index (χ1n) is 11.6. The predicted molar refractivity (Wildman–Crippen MR) is 134 cm³/mol. The molecule has 0 saturated carbocycles. The lowest BCUT2D eigenvalue weighted by molar-refractivity contribution is -0.139. The SMILES string of the molecule is CN(C)CCCN1C(=O)C(=O)C(=C(O)c2ccc(OCc3ccccc3)cc2)[C@@H]1c1cccnc1. The normalized spacial score (nSPS) is 17.2. The summed E-state index contributed by atoms with van der Waals surface area (Å²) in [6.45, 7) is 1.59. The molecule has 3 aromatic rings. The number of aromatic nitrogens is 1. The van der Waals surface area contributed by atoms with E-state index in [2.05, 4.69) is 4.98 Å². The van der Waals surface area contributed by atoms with Crippen molar-refractivity contribution >= 4 is 17.4 Å². The van der Waals surface area contributed by atoms with Gasteiger partial charge >= 0.3 is 0 Å². The molecule has 0 spiro atoms. The Bertz CT molecular complexity index is 1190. The zero-order chi connectivity index (χ0) is 24.8. The molecule has 1 aliphatic rings. The first kappa shape index (κ1) is 24.2. The molecule has 1 N–H and O–H groups in total. The molecule has 7 heteroatoms. The summed E-state index contributed by atoms with van der Waals surface area (Å²) in [5.41, 5.74) is 2.24. The number of aliphatic hydroxyl groups is 1. The molecule has 1 fully saturated rings. The Hall–Kier alpha value is -3.97. The third-order valence-corrected chi connectivity index (χ3v) is 5.92. The van der Waals surface area contributed by atoms with Gasteiger partial charge in [-0.1, -0.05) is 36.4 Å². The number of ketones is 1. The van der Waals surface area contributed by atoms with Gasteiger partial charge in [0.25, 0.3) is 11.7 Å². The first-order valence-corrected chi connectivity index (χ1v) is 11.6. The van der Waals surface area contributed by atoms with Crippen molar-refractivity contribution < 1.29 is 19.4 Å². The molecule has 4 rings (SSSR count). The highest BCUT2D eigenvalue weighted by molar-refractivity contribution is 6.46. The highest BCUT2D eigenvalue weighted by Gasteiger charge is 2.45. The van der Waals surface area contributed by atoms with Gasteiger partial charge in [-0.15, -0.1) is 0 Å². The van der Waals surface area contributed by atoms with Gasteiger partial charge in [0, 0.05) is 24.5 Å². The number of rotatable bonds is 9. The van der Waals surface area contributed by atoms with Crippen molar-refractivity contribution in [1.29, 1.82) is 0 Å². The van der Waals surface area contributed by atoms with Gasteiger partial charge in [-0.2, -0.15) is 0 Å². The van der Waals surface area contributed by atoms with Gasteiger partial charge < -0.3 is 19.6 Å². The zero-order valence-electron chi connectivity index (χ0n) is 19.9. The fraction of sp³-hybridized carbons (Fsp3) is 0.250. The lowest BCUT2D eigenvalue weighted by atomic mass is 9.96. The number of pyridine rings is 1. The highest BCUT2D eigenvalue weighted by atomic mass is 16.5. The van der Waals surface area contributed by atoms with E-state index in [1.165, 1.54) is 4.90 Å². The van der Waals surface area contributed by atoms with Gasteiger partial charge in [0.1, 0.15) is 18.1 Å². The Labute approximate surface area is 205 Å². The number of nitrogens with zero attached hydrogens (tertiary/aromatic N) is 3. The molecular formula is C28H29N3O4. The first-order chi connectivity index (χ1) is 17.0. The molecule has 7 nitrogen and oxygen atoms in total. The molecule has 1 aromatic heterocycles. The zero-order valence-corrected chi connectivity index (χ0v) is 19.9. The van der Waals surface area contributed by atoms with E-state index in [1.54, 1.807) is 42.7 Å². The van der Waals surface area contributed by atoms with E-state index in [9.17, 15) is 14.7 Å². The third-order valence-electron chi connectivity index (χ3n) is 5.92. The van der Waals surface area contributed by atoms with Gasteiger partial charge in [0.15, 0.2) is 0 Å². The summed E-state index contributed by atoms with van der Waals surface area (Å²) in [6.07, 6.45) is 3.96. The van der Waals surface area contributed by atoms with Gasteiger partial charge in [0.05, 0.1) is 11.6 Å². The number of carbonyl (C=O) groups is 2. The molecule has 180 valence electrons. The quantitative estimate of drug-likeness (QED) is 0.288. The second kappa shape index (κ2) is 11.0. The number of aliphatic hydroxyl groups excluding tert-OH is 1. The van der Waals surface area contributed by atoms with Crippen LogP contribution in [0.1, 0.15) is 29.2 Å². The van der Waals surface area contributed by atoms with E-state index in [4.69, 9.17) is 4.74 Å². The van der Waals surface area contributed by atoms with Crippen molar-refractivity contribution in [3.63, 3.8) is 0 Å². The van der Waals surface area contributed by atoms with E-state index >= 15 is 0 Å². The number of hydrogen-bond donors (Lipinski definition) is 1. The molecule has 35 heavy (non-hydrogen) atoms. The van der Waals surface area contributed by atoms with Crippen LogP contribution in [0.3, 0.4) is 0 Å². The van der Waals surface area contributed by atoms with Crippen molar-refractivity contribution in [2.45, 2.75) is 19.1 Å². The van der Waals surface area contributed by atoms with Crippen LogP contribution in [0.4, 0.5) is 0 Å². The Morgan fingerprint density at radius 2 is 1.77 bits per heavy atom. The molecular weight excluding hydrogens is 442 g/mol. The van der Waals surface area contributed by atoms with Gasteiger partial charge in [-0.25, -0.2) is 0 Å². The van der Waals surface area contributed by atoms with Crippen molar-refractivity contribution in [2.75, 3.05) is 27.2 Å². The highest BCUT2D eigenvalue weighted by Crippen LogP contribution is 2.39. The number of ether oxygens (including phenoxy) is 1. The molecule has 1 amide bonds. The van der Waals surface area contributed by atoms with Crippen LogP contribution in [-0.2, 0) is 16.2 Å². The fourth-order valence-corrected chi connectivity index (χ4v) is 4.16. The minimum atomic E-state index is -0.695. The van der Waals surface area contributed by atoms with Gasteiger partial charge in [-0.3, -0.25) is 14.6 Å². The van der Waals surface area contributed by atoms with Crippen LogP contribution in [0.15, 0.2) is 84.7 Å². The number of Topliss-reactive ketones (excluding diaryl/α,β-unsaturated/α-hetero) is 1. The number of amides is 1. The summed E-state index contributed by atoms with van der Waals surface area (Å²) in [4.78, 5) is 33.8. The molecule has 0 aliphatic carbocycles. The fourth-order valence-electron chi connectivity index (χ4n) is 4.16. The maximum atomic E-state index is 13.1. The maximum Gasteiger partial charge on any atom is 0.295 e. The van der Waals surface area contributed by atoms with Crippen LogP contribution in [0, 0.1) is 0 Å². The third kappa shape index (κ3) is 5.58. The van der Waals surface area contributed by atoms with Crippen LogP contribution in [0.2, 0.25) is 0 Å². The average Bonchev–Trinajstić information content (AvgIpc) is 3.13. The lowest BCUT2D eigenvalue weighted by Gasteiger charge is -2.25. The van der Waals surface area contributed by atoms with E-state index in [0.29, 0.717) is 36.4 Å². The van der Waals surface area contributed by atoms with Crippen LogP contribution in [0.5, 0.6) is 5.75 Å². The molecule has 2 aromatic carbocycles. The minimum Gasteiger partial charge on any atom is -0.507 e. The lowest BCUT2D eigenvalue weighted by Crippen LogP contribution is -2.32. The maximum absolute atomic E-state index is 13.1. The standard InChI is InChI=1S/C28H29N3O4/c1-30(2)16-7-17-31-25(22-10-6-15-29-18-22)24(27(33)28(31)34)26(32)21-11-13-23(14-12-21)35-19-20-8-4-3-5-9-20/h3-6,8-15,18,25,32H,7,16-17,19H2,1-2H3/t25-/m0/s1. The molecule has 0 unspecified atom stereocenters. The summed E-state index contributed by atoms with van der Waals surface area (Å²) in [6, 6.07) is 19.6. The number of benzene rings is 2. The van der Waals surface area contributed by atoms with Gasteiger partial charge in [0.2, 0.25) is 0 Å². The molecule has 1 atom stereocenters. The molecule has 1 aliphatic heterocycles. The van der Waals surface area contributed by atoms with E-state index in [0.717, 1.165) is 12.1 Å². The number of hydrogen-bond acceptors (Lipinski definition) is 6. The largest absolute Gasteiger partial charge is 0.507 e. The van der Waals surface area contributed by atoms with Gasteiger partial charge in [-0.05, 0) is 68.5 Å². The van der Waals surface area contributed by atoms with Crippen LogP contribution >= 0.6 is 0 Å². The van der Waals surface area contributed by atoms with Crippen molar-refractivity contribution in [1.82, 2.24) is 14.8 Å². The average molecular weight is 472 g/mol. The second-order valence-electron chi connectivity index (χ2n) is 8.73. The van der Waals surface area contributed by atoms with Crippen LogP contribution in [0.25, 0.3) is 5.76 Å². The monoisotopic (exact) mass is 471 g/mol. The smallest absolute Gasteiger partial charge is 0.295 e. The summed E-state index contributed by atoms with van der Waals surface area (Å²) < 4.78 is 5.82. The summed E-state index contributed by atoms with van der Waals surface area (Å²) >= 11 is 0. The number of carbonyl (C=O) groups excluding carboxylic acids is 2. The van der Waals surface area contributed by atoms with Crippen molar-refractivity contribution in [2.24, 2.45) is 0 Å². The van der Waals surface area contributed by atoms with E-state index < -0.39 is 17.7 Å². The van der Waals surface area contributed by atoms with E-state index in [-0.39, 0.29) is 11.3 Å². The summed E-state index contributed by atoms with van der Waals surface area (Å²) in [5, 5.41) is 11.2. The minimum absolute atomic E-state index is 0.0748. The Balaban J connectivity index is 1.61. The summed E-state index contributed by atoms with van der Waals surface area (Å²) in [5.74, 6) is -0.868. The molecule has 0 radical (unpaired) electrons. The van der Waals surface area contributed by atoms with Crippen molar-refractivity contribution in [3.05, 3.63) is 101 Å². The Morgan fingerprint density at radius 3 is 2.43 bits per heavy atom. The Morgan fingerprint density at radius 1 is 1.03 bits per heavy atom.